The predicted octanol–water partition coefficient (Wildman–Crippen LogP) is 25.9. The van der Waals surface area contributed by atoms with E-state index in [-0.39, 0.29) is 0 Å². The van der Waals surface area contributed by atoms with Gasteiger partial charge in [-0.25, -0.2) is 0 Å². The van der Waals surface area contributed by atoms with Gasteiger partial charge in [-0.2, -0.15) is 0 Å². The van der Waals surface area contributed by atoms with Crippen LogP contribution in [0.2, 0.25) is 0 Å². The minimum Gasteiger partial charge on any atom is -0.135 e. The first kappa shape index (κ1) is 63.0. The summed E-state index contributed by atoms with van der Waals surface area (Å²) >= 11 is 5.98. The molecule has 0 amide bonds. The number of hydrogen-bond acceptors (Lipinski definition) is 3. The summed E-state index contributed by atoms with van der Waals surface area (Å²) in [7, 11) is 0. The summed E-state index contributed by atoms with van der Waals surface area (Å²) < 4.78 is 5.73. The molecule has 2 aromatic heterocycles. The fourth-order valence-electron chi connectivity index (χ4n) is 13.3. The van der Waals surface area contributed by atoms with Gasteiger partial charge in [-0.05, 0) is 180 Å². The lowest BCUT2D eigenvalue weighted by molar-refractivity contribution is 0.344. The van der Waals surface area contributed by atoms with Gasteiger partial charge in [-0.1, -0.05) is 273 Å². The van der Waals surface area contributed by atoms with Crippen LogP contribution in [0.1, 0.15) is 137 Å². The zero-order valence-electron chi connectivity index (χ0n) is 53.8. The first-order valence-electron chi connectivity index (χ1n) is 31.9. The number of benzene rings is 10. The summed E-state index contributed by atoms with van der Waals surface area (Å²) in [6.07, 6.45) is 9.91. The van der Waals surface area contributed by atoms with E-state index in [4.69, 9.17) is 0 Å². The van der Waals surface area contributed by atoms with E-state index in [1.807, 2.05) is 22.7 Å². The highest BCUT2D eigenvalue weighted by molar-refractivity contribution is 8.00. The van der Waals surface area contributed by atoms with E-state index in [0.717, 1.165) is 28.9 Å². The van der Waals surface area contributed by atoms with E-state index in [1.54, 1.807) is 16.0 Å². The number of thiophene rings is 2. The third-order valence-corrected chi connectivity index (χ3v) is 22.9. The van der Waals surface area contributed by atoms with Crippen LogP contribution in [0.15, 0.2) is 217 Å². The molecule has 0 saturated heterocycles. The lowest BCUT2D eigenvalue weighted by Gasteiger charge is -2.30. The van der Waals surface area contributed by atoms with Crippen LogP contribution in [0, 0.1) is 81.1 Å². The van der Waals surface area contributed by atoms with Crippen LogP contribution >= 0.6 is 34.4 Å². The Kier molecular flexibility index (Phi) is 21.2. The second-order valence-electron chi connectivity index (χ2n) is 25.5. The van der Waals surface area contributed by atoms with Crippen molar-refractivity contribution in [1.29, 1.82) is 0 Å². The summed E-state index contributed by atoms with van der Waals surface area (Å²) in [5, 5.41) is 6.48. The highest BCUT2D eigenvalue weighted by Crippen LogP contribution is 2.54. The van der Waals surface area contributed by atoms with E-state index in [2.05, 4.69) is 307 Å². The first-order chi connectivity index (χ1) is 42.1. The van der Waals surface area contributed by atoms with Crippen LogP contribution in [0.5, 0.6) is 0 Å². The molecule has 1 aliphatic heterocycles. The summed E-state index contributed by atoms with van der Waals surface area (Å²) in [5.41, 5.74) is 22.1. The molecule has 3 heteroatoms. The van der Waals surface area contributed by atoms with Crippen molar-refractivity contribution in [2.45, 2.75) is 150 Å². The van der Waals surface area contributed by atoms with E-state index in [9.17, 15) is 0 Å². The highest BCUT2D eigenvalue weighted by atomic mass is 32.2. The van der Waals surface area contributed by atoms with Crippen molar-refractivity contribution in [2.75, 3.05) is 0 Å². The van der Waals surface area contributed by atoms with Gasteiger partial charge >= 0.3 is 0 Å². The zero-order chi connectivity index (χ0) is 61.1. The van der Waals surface area contributed by atoms with Crippen LogP contribution in [-0.2, 0) is 0 Å². The zero-order valence-corrected chi connectivity index (χ0v) is 56.2. The minimum absolute atomic E-state index is 0.832. The Morgan fingerprint density at radius 2 is 0.690 bits per heavy atom. The number of rotatable bonds is 3. The molecule has 3 aliphatic rings. The molecule has 3 heterocycles. The molecule has 15 rings (SSSR count). The Labute approximate surface area is 534 Å². The largest absolute Gasteiger partial charge is 0.135 e. The molecule has 2 fully saturated rings. The molecule has 0 nitrogen and oxygen atoms in total. The number of hydrogen-bond donors (Lipinski definition) is 0. The van der Waals surface area contributed by atoms with Gasteiger partial charge in [-0.15, -0.1) is 34.4 Å². The van der Waals surface area contributed by atoms with Gasteiger partial charge in [0.15, 0.2) is 0 Å². The fourth-order valence-corrected chi connectivity index (χ4v) is 17.5. The molecule has 12 aromatic rings. The molecular formula is C84H90S3. The van der Waals surface area contributed by atoms with Gasteiger partial charge < -0.3 is 0 Å². The summed E-state index contributed by atoms with van der Waals surface area (Å²) in [4.78, 5) is 1.60. The lowest BCUT2D eigenvalue weighted by atomic mass is 9.78. The van der Waals surface area contributed by atoms with Crippen LogP contribution < -0.4 is 0 Å². The standard InChI is InChI=1S/C14H18S.2C14H12S.C14H20.2C14H14/c3*1-9-5-3-7-11-12-8-4-6-10(2)14(12)15-13(9)11;3*1-11-5-3-7-13(9-11)14-8-4-6-12(2)10-14/h3,5,7,10,12,14H,4,6,8H2,1-2H3;2*3-8H,1-2H3;3,5,7,9,12,14H,4,6,8,10H2,1-2H3;2*3-10H,1-2H3. The summed E-state index contributed by atoms with van der Waals surface area (Å²) in [6.45, 7) is 26.5. The lowest BCUT2D eigenvalue weighted by Crippen LogP contribution is -2.23. The average molecular weight is 1200 g/mol. The predicted molar refractivity (Wildman–Crippen MR) is 388 cm³/mol. The van der Waals surface area contributed by atoms with Crippen molar-refractivity contribution in [1.82, 2.24) is 0 Å². The molecule has 5 atom stereocenters. The van der Waals surface area contributed by atoms with E-state index in [1.165, 1.54) is 163 Å². The molecule has 0 radical (unpaired) electrons. The smallest absolute Gasteiger partial charge is 0.0384 e. The van der Waals surface area contributed by atoms with Crippen molar-refractivity contribution < 1.29 is 0 Å². The SMILES string of the molecule is Cc1cccc(-c2cccc(C)c2)c1.Cc1cccc(-c2cccc(C)c2)c1.Cc1cccc(C2CCCC(C)C2)c1.Cc1cccc2c1SC1C(C)CCCC21.Cc1cccc2c1sc1c(C)cccc12.Cc1cccc2c1sc1c(C)cccc12. The maximum atomic E-state index is 2.44. The van der Waals surface area contributed by atoms with Crippen molar-refractivity contribution >= 4 is 74.8 Å². The Balaban J connectivity index is 0.000000116. The first-order valence-corrected chi connectivity index (χ1v) is 34.4. The topological polar surface area (TPSA) is 0 Å². The second kappa shape index (κ2) is 29.3. The van der Waals surface area contributed by atoms with E-state index < -0.39 is 0 Å². The Bertz CT molecular complexity index is 3860. The van der Waals surface area contributed by atoms with Crippen molar-refractivity contribution in [2.24, 2.45) is 11.8 Å². The molecule has 2 aliphatic carbocycles. The molecule has 0 spiro atoms. The quantitative estimate of drug-likeness (QED) is 0.170. The van der Waals surface area contributed by atoms with Crippen LogP contribution in [0.4, 0.5) is 0 Å². The molecule has 87 heavy (non-hydrogen) atoms. The molecule has 0 N–H and O–H groups in total. The maximum Gasteiger partial charge on any atom is 0.0384 e. The molecule has 5 unspecified atom stereocenters. The monoisotopic (exact) mass is 1190 g/mol. The molecule has 10 aromatic carbocycles. The fraction of sp³-hybridized carbons (Fsp3) is 0.286. The summed E-state index contributed by atoms with van der Waals surface area (Å²) in [5.74, 6) is 3.52. The van der Waals surface area contributed by atoms with Crippen molar-refractivity contribution in [3.63, 3.8) is 0 Å². The Hall–Kier alpha value is -7.01. The summed E-state index contributed by atoms with van der Waals surface area (Å²) in [6, 6.07) is 76.5. The Morgan fingerprint density at radius 3 is 1.08 bits per heavy atom. The van der Waals surface area contributed by atoms with Gasteiger partial charge in [0, 0.05) is 50.5 Å². The van der Waals surface area contributed by atoms with Gasteiger partial charge in [0.1, 0.15) is 0 Å². The molecule has 0 bridgehead atoms. The van der Waals surface area contributed by atoms with Crippen LogP contribution in [0.25, 0.3) is 62.6 Å². The van der Waals surface area contributed by atoms with Crippen molar-refractivity contribution in [3.8, 4) is 22.3 Å². The number of fused-ring (bicyclic) bond motifs is 9. The van der Waals surface area contributed by atoms with E-state index in [0.29, 0.717) is 0 Å². The Morgan fingerprint density at radius 1 is 0.333 bits per heavy atom. The van der Waals surface area contributed by atoms with Gasteiger partial charge in [0.05, 0.1) is 0 Å². The third kappa shape index (κ3) is 15.6. The molecule has 444 valence electrons. The number of aryl methyl sites for hydroxylation is 10. The second-order valence-corrected chi connectivity index (χ2v) is 28.7. The third-order valence-electron chi connectivity index (χ3n) is 18.1. The van der Waals surface area contributed by atoms with Gasteiger partial charge in [0.2, 0.25) is 0 Å². The normalized spacial score (nSPS) is 17.4. The highest BCUT2D eigenvalue weighted by Gasteiger charge is 2.39. The molecular weight excluding hydrogens is 1110 g/mol. The molecule has 2 saturated carbocycles. The van der Waals surface area contributed by atoms with Crippen LogP contribution in [0.3, 0.4) is 0 Å². The number of thioether (sulfide) groups is 1. The maximum absolute atomic E-state index is 2.44. The van der Waals surface area contributed by atoms with Crippen molar-refractivity contribution in [3.05, 3.63) is 279 Å². The average Bonchev–Trinajstić information content (AvgIpc) is 2.03. The van der Waals surface area contributed by atoms with Gasteiger partial charge in [-0.3, -0.25) is 0 Å². The van der Waals surface area contributed by atoms with E-state index >= 15 is 0 Å². The van der Waals surface area contributed by atoms with Gasteiger partial charge in [0.25, 0.3) is 0 Å². The van der Waals surface area contributed by atoms with Crippen LogP contribution in [-0.4, -0.2) is 5.25 Å². The minimum atomic E-state index is 0.832.